The van der Waals surface area contributed by atoms with Crippen molar-refractivity contribution in [3.05, 3.63) is 28.5 Å². The highest BCUT2D eigenvalue weighted by Gasteiger charge is 2.42. The fourth-order valence-corrected chi connectivity index (χ4v) is 2.95. The highest BCUT2D eigenvalue weighted by molar-refractivity contribution is 6.29. The highest BCUT2D eigenvalue weighted by Crippen LogP contribution is 2.27. The van der Waals surface area contributed by atoms with Gasteiger partial charge in [-0.05, 0) is 47.7 Å². The summed E-state index contributed by atoms with van der Waals surface area (Å²) in [7, 11) is 1.78. The standard InChI is InChI=1S/C14H13ClF3N3O/c1-20-11-7-9-3-5-21(12(22)14(16,17)18)4-2-8(9)6-10(11)19-13(20)15/h6-7H,2-5H2,1H3. The number of carbonyl (C=O) groups is 1. The van der Waals surface area contributed by atoms with E-state index in [1.807, 2.05) is 12.1 Å². The number of hydrogen-bond acceptors (Lipinski definition) is 2. The Labute approximate surface area is 129 Å². The largest absolute Gasteiger partial charge is 0.471 e. The number of benzene rings is 1. The van der Waals surface area contributed by atoms with Crippen molar-refractivity contribution in [2.45, 2.75) is 19.0 Å². The zero-order valence-corrected chi connectivity index (χ0v) is 12.5. The monoisotopic (exact) mass is 331 g/mol. The lowest BCUT2D eigenvalue weighted by Crippen LogP contribution is -2.42. The zero-order valence-electron chi connectivity index (χ0n) is 11.7. The average molecular weight is 332 g/mol. The quantitative estimate of drug-likeness (QED) is 0.744. The number of aryl methyl sites for hydroxylation is 1. The second kappa shape index (κ2) is 5.15. The summed E-state index contributed by atoms with van der Waals surface area (Å²) in [5.41, 5.74) is 3.39. The van der Waals surface area contributed by atoms with E-state index in [1.54, 1.807) is 11.6 Å². The number of amides is 1. The van der Waals surface area contributed by atoms with Crippen LogP contribution in [0, 0.1) is 0 Å². The minimum absolute atomic E-state index is 0.0530. The molecule has 0 fully saturated rings. The van der Waals surface area contributed by atoms with E-state index in [2.05, 4.69) is 4.98 Å². The third kappa shape index (κ3) is 2.54. The Morgan fingerprint density at radius 3 is 2.41 bits per heavy atom. The Bertz CT molecular complexity index is 754. The molecule has 0 atom stereocenters. The van der Waals surface area contributed by atoms with Gasteiger partial charge in [-0.3, -0.25) is 4.79 Å². The smallest absolute Gasteiger partial charge is 0.334 e. The second-order valence-electron chi connectivity index (χ2n) is 5.34. The number of aromatic nitrogens is 2. The summed E-state index contributed by atoms with van der Waals surface area (Å²) in [4.78, 5) is 16.5. The maximum absolute atomic E-state index is 12.6. The van der Waals surface area contributed by atoms with Gasteiger partial charge in [0.2, 0.25) is 5.28 Å². The third-order valence-electron chi connectivity index (χ3n) is 3.98. The molecule has 0 spiro atoms. The maximum Gasteiger partial charge on any atom is 0.471 e. The van der Waals surface area contributed by atoms with E-state index >= 15 is 0 Å². The van der Waals surface area contributed by atoms with Crippen LogP contribution in [0.3, 0.4) is 0 Å². The fraction of sp³-hybridized carbons (Fsp3) is 0.429. The fourth-order valence-electron chi connectivity index (χ4n) is 2.77. The Morgan fingerprint density at radius 2 is 1.82 bits per heavy atom. The summed E-state index contributed by atoms with van der Waals surface area (Å²) < 4.78 is 39.4. The van der Waals surface area contributed by atoms with Crippen LogP contribution in [0.1, 0.15) is 11.1 Å². The molecule has 1 aliphatic rings. The molecular weight excluding hydrogens is 319 g/mol. The van der Waals surface area contributed by atoms with Gasteiger partial charge >= 0.3 is 12.1 Å². The van der Waals surface area contributed by atoms with Crippen molar-refractivity contribution in [3.63, 3.8) is 0 Å². The summed E-state index contributed by atoms with van der Waals surface area (Å²) in [6.07, 6.45) is -4.06. The van der Waals surface area contributed by atoms with Gasteiger partial charge in [-0.1, -0.05) is 0 Å². The Hall–Kier alpha value is -1.76. The lowest BCUT2D eigenvalue weighted by atomic mass is 10.0. The molecule has 2 aromatic rings. The van der Waals surface area contributed by atoms with Gasteiger partial charge in [0.1, 0.15) is 0 Å². The molecule has 1 aliphatic heterocycles. The number of halogens is 4. The number of carbonyl (C=O) groups excluding carboxylic acids is 1. The van der Waals surface area contributed by atoms with Gasteiger partial charge in [-0.25, -0.2) is 4.98 Å². The van der Waals surface area contributed by atoms with Crippen LogP contribution >= 0.6 is 11.6 Å². The third-order valence-corrected chi connectivity index (χ3v) is 4.32. The molecule has 22 heavy (non-hydrogen) atoms. The van der Waals surface area contributed by atoms with Crippen molar-refractivity contribution in [3.8, 4) is 0 Å². The molecule has 1 aromatic heterocycles. The van der Waals surface area contributed by atoms with Gasteiger partial charge in [0.25, 0.3) is 0 Å². The number of fused-ring (bicyclic) bond motifs is 2. The molecule has 4 nitrogen and oxygen atoms in total. The summed E-state index contributed by atoms with van der Waals surface area (Å²) >= 11 is 5.98. The molecule has 0 saturated heterocycles. The molecule has 1 amide bonds. The summed E-state index contributed by atoms with van der Waals surface area (Å²) in [6, 6.07) is 3.74. The second-order valence-corrected chi connectivity index (χ2v) is 5.68. The normalized spacial score (nSPS) is 15.8. The van der Waals surface area contributed by atoms with Crippen LogP contribution in [0.15, 0.2) is 12.1 Å². The zero-order chi connectivity index (χ0) is 16.1. The number of hydrogen-bond donors (Lipinski definition) is 0. The van der Waals surface area contributed by atoms with Crippen LogP contribution < -0.4 is 0 Å². The first-order chi connectivity index (χ1) is 10.3. The molecule has 0 saturated carbocycles. The van der Waals surface area contributed by atoms with Crippen molar-refractivity contribution in [1.29, 1.82) is 0 Å². The number of nitrogens with zero attached hydrogens (tertiary/aromatic N) is 3. The first-order valence-corrected chi connectivity index (χ1v) is 7.15. The van der Waals surface area contributed by atoms with Gasteiger partial charge in [0.05, 0.1) is 11.0 Å². The van der Waals surface area contributed by atoms with Crippen molar-refractivity contribution in [2.75, 3.05) is 13.1 Å². The molecule has 2 heterocycles. The van der Waals surface area contributed by atoms with Gasteiger partial charge in [0, 0.05) is 20.1 Å². The van der Waals surface area contributed by atoms with Crippen LogP contribution in [-0.4, -0.2) is 39.6 Å². The maximum atomic E-state index is 12.6. The summed E-state index contributed by atoms with van der Waals surface area (Å²) in [5, 5.41) is 0.365. The molecule has 118 valence electrons. The minimum atomic E-state index is -4.82. The van der Waals surface area contributed by atoms with E-state index in [-0.39, 0.29) is 13.1 Å². The predicted octanol–water partition coefficient (Wildman–Crippen LogP) is 2.72. The predicted molar refractivity (Wildman–Crippen MR) is 75.8 cm³/mol. The van der Waals surface area contributed by atoms with Gasteiger partial charge in [0.15, 0.2) is 0 Å². The molecule has 3 rings (SSSR count). The van der Waals surface area contributed by atoms with Crippen LogP contribution in [0.25, 0.3) is 11.0 Å². The summed E-state index contributed by atoms with van der Waals surface area (Å²) in [6.45, 7) is 0.111. The highest BCUT2D eigenvalue weighted by atomic mass is 35.5. The van der Waals surface area contributed by atoms with E-state index in [4.69, 9.17) is 11.6 Å². The topological polar surface area (TPSA) is 38.1 Å². The van der Waals surface area contributed by atoms with E-state index in [0.29, 0.717) is 23.6 Å². The molecule has 0 N–H and O–H groups in total. The molecule has 1 aromatic carbocycles. The van der Waals surface area contributed by atoms with Crippen LogP contribution in [-0.2, 0) is 24.7 Å². The van der Waals surface area contributed by atoms with Crippen LogP contribution in [0.4, 0.5) is 13.2 Å². The molecule has 0 aliphatic carbocycles. The van der Waals surface area contributed by atoms with E-state index in [9.17, 15) is 18.0 Å². The van der Waals surface area contributed by atoms with Gasteiger partial charge in [-0.15, -0.1) is 0 Å². The van der Waals surface area contributed by atoms with E-state index in [1.165, 1.54) is 0 Å². The van der Waals surface area contributed by atoms with Gasteiger partial charge < -0.3 is 9.47 Å². The summed E-state index contributed by atoms with van der Waals surface area (Å²) in [5.74, 6) is -1.77. The SMILES string of the molecule is Cn1c(Cl)nc2cc3c(cc21)CCN(C(=O)C(F)(F)F)CC3. The van der Waals surface area contributed by atoms with Gasteiger partial charge in [-0.2, -0.15) is 13.2 Å². The Kier molecular flexibility index (Phi) is 3.55. The molecule has 0 bridgehead atoms. The first kappa shape index (κ1) is 15.1. The lowest BCUT2D eigenvalue weighted by Gasteiger charge is -2.21. The number of rotatable bonds is 0. The van der Waals surface area contributed by atoms with Crippen LogP contribution in [0.2, 0.25) is 5.28 Å². The number of imidazole rings is 1. The van der Waals surface area contributed by atoms with Crippen molar-refractivity contribution in [1.82, 2.24) is 14.5 Å². The molecule has 0 radical (unpaired) electrons. The van der Waals surface area contributed by atoms with Crippen LogP contribution in [0.5, 0.6) is 0 Å². The van der Waals surface area contributed by atoms with Crippen molar-refractivity contribution in [2.24, 2.45) is 7.05 Å². The van der Waals surface area contributed by atoms with Crippen molar-refractivity contribution < 1.29 is 18.0 Å². The molecule has 8 heteroatoms. The molecule has 0 unspecified atom stereocenters. The van der Waals surface area contributed by atoms with E-state index in [0.717, 1.165) is 21.5 Å². The Morgan fingerprint density at radius 1 is 1.23 bits per heavy atom. The average Bonchev–Trinajstić information content (AvgIpc) is 2.63. The molecular formula is C14H13ClF3N3O. The lowest BCUT2D eigenvalue weighted by molar-refractivity contribution is -0.185. The minimum Gasteiger partial charge on any atom is -0.334 e. The number of alkyl halides is 3. The Balaban J connectivity index is 1.92. The first-order valence-electron chi connectivity index (χ1n) is 6.77. The van der Waals surface area contributed by atoms with E-state index < -0.39 is 12.1 Å². The van der Waals surface area contributed by atoms with Crippen molar-refractivity contribution >= 4 is 28.5 Å².